The molecule has 0 amide bonds. The first-order valence-electron chi connectivity index (χ1n) is 4.71. The Morgan fingerprint density at radius 3 is 3.07 bits per heavy atom. The number of halogens is 1. The Hall–Kier alpha value is -0.710. The van der Waals surface area contributed by atoms with Crippen LogP contribution in [-0.4, -0.2) is 25.7 Å². The number of nitrogens with one attached hydrogen (secondary N) is 2. The van der Waals surface area contributed by atoms with Gasteiger partial charge >= 0.3 is 0 Å². The van der Waals surface area contributed by atoms with E-state index in [0.29, 0.717) is 10.9 Å². The van der Waals surface area contributed by atoms with Crippen LogP contribution in [0.5, 0.6) is 0 Å². The molecule has 1 atom stereocenters. The Labute approximate surface area is 86.8 Å². The van der Waals surface area contributed by atoms with Crippen molar-refractivity contribution < 1.29 is 4.39 Å². The lowest BCUT2D eigenvalue weighted by molar-refractivity contribution is 0.472. The lowest BCUT2D eigenvalue weighted by Crippen LogP contribution is -2.47. The summed E-state index contributed by atoms with van der Waals surface area (Å²) in [6.45, 7) is 2.91. The van der Waals surface area contributed by atoms with E-state index in [4.69, 9.17) is 0 Å². The number of rotatable bonds is 2. The van der Waals surface area contributed by atoms with Gasteiger partial charge in [0.25, 0.3) is 0 Å². The molecule has 2 rings (SSSR count). The van der Waals surface area contributed by atoms with Crippen LogP contribution in [-0.2, 0) is 0 Å². The van der Waals surface area contributed by atoms with Gasteiger partial charge in [-0.3, -0.25) is 0 Å². The standard InChI is InChI=1S/C10H13FN2S/c11-9-3-6-14-10(9)2-1-8-7-12-4-5-13-8/h1-3,6,8,12-13H,4-5,7H2. The zero-order valence-corrected chi connectivity index (χ0v) is 8.61. The second kappa shape index (κ2) is 4.68. The van der Waals surface area contributed by atoms with Crippen molar-refractivity contribution >= 4 is 17.4 Å². The van der Waals surface area contributed by atoms with Crippen molar-refractivity contribution in [2.75, 3.05) is 19.6 Å². The van der Waals surface area contributed by atoms with Crippen LogP contribution in [0.3, 0.4) is 0 Å². The molecule has 1 aliphatic heterocycles. The first-order valence-corrected chi connectivity index (χ1v) is 5.59. The molecule has 0 aromatic carbocycles. The summed E-state index contributed by atoms with van der Waals surface area (Å²) in [6, 6.07) is 1.82. The highest BCUT2D eigenvalue weighted by atomic mass is 32.1. The molecule has 0 aliphatic carbocycles. The van der Waals surface area contributed by atoms with Crippen molar-refractivity contribution in [3.8, 4) is 0 Å². The Kier molecular flexibility index (Phi) is 3.29. The first-order chi connectivity index (χ1) is 6.86. The Balaban J connectivity index is 1.95. The fraction of sp³-hybridized carbons (Fsp3) is 0.400. The Bertz CT molecular complexity index is 316. The molecule has 0 radical (unpaired) electrons. The van der Waals surface area contributed by atoms with E-state index in [1.54, 1.807) is 5.38 Å². The predicted molar refractivity (Wildman–Crippen MR) is 58.0 cm³/mol. The van der Waals surface area contributed by atoms with E-state index in [0.717, 1.165) is 19.6 Å². The fourth-order valence-corrected chi connectivity index (χ4v) is 2.11. The number of hydrogen-bond acceptors (Lipinski definition) is 3. The summed E-state index contributed by atoms with van der Waals surface area (Å²) < 4.78 is 13.0. The smallest absolute Gasteiger partial charge is 0.141 e. The number of hydrogen-bond donors (Lipinski definition) is 2. The molecule has 1 fully saturated rings. The summed E-state index contributed by atoms with van der Waals surface area (Å²) in [7, 11) is 0. The van der Waals surface area contributed by atoms with Gasteiger partial charge in [0.1, 0.15) is 5.82 Å². The molecule has 0 spiro atoms. The quantitative estimate of drug-likeness (QED) is 0.775. The molecule has 1 saturated heterocycles. The maximum Gasteiger partial charge on any atom is 0.141 e. The number of piperazine rings is 1. The molecule has 1 aromatic heterocycles. The molecule has 1 unspecified atom stereocenters. The molecule has 1 aliphatic rings. The van der Waals surface area contributed by atoms with Crippen molar-refractivity contribution in [1.82, 2.24) is 10.6 Å². The van der Waals surface area contributed by atoms with Gasteiger partial charge in [-0.05, 0) is 17.5 Å². The number of thiophene rings is 1. The van der Waals surface area contributed by atoms with Crippen LogP contribution in [0.4, 0.5) is 4.39 Å². The molecular formula is C10H13FN2S. The summed E-state index contributed by atoms with van der Waals surface area (Å²) in [5.41, 5.74) is 0. The Morgan fingerprint density at radius 1 is 1.50 bits per heavy atom. The highest BCUT2D eigenvalue weighted by Gasteiger charge is 2.08. The van der Waals surface area contributed by atoms with Crippen molar-refractivity contribution in [3.05, 3.63) is 28.2 Å². The van der Waals surface area contributed by atoms with Gasteiger partial charge in [0, 0.05) is 25.7 Å². The van der Waals surface area contributed by atoms with Gasteiger partial charge in [0.2, 0.25) is 0 Å². The summed E-state index contributed by atoms with van der Waals surface area (Å²) in [5, 5.41) is 8.37. The van der Waals surface area contributed by atoms with E-state index >= 15 is 0 Å². The molecule has 4 heteroatoms. The summed E-state index contributed by atoms with van der Waals surface area (Å²) in [6.07, 6.45) is 3.87. The van der Waals surface area contributed by atoms with Crippen LogP contribution in [0.25, 0.3) is 6.08 Å². The van der Waals surface area contributed by atoms with E-state index in [2.05, 4.69) is 10.6 Å². The molecule has 2 nitrogen and oxygen atoms in total. The molecule has 2 heterocycles. The maximum absolute atomic E-state index is 13.0. The summed E-state index contributed by atoms with van der Waals surface area (Å²) in [5.74, 6) is -0.130. The van der Waals surface area contributed by atoms with Gasteiger partial charge in [-0.25, -0.2) is 4.39 Å². The van der Waals surface area contributed by atoms with E-state index in [1.807, 2.05) is 12.2 Å². The lowest BCUT2D eigenvalue weighted by Gasteiger charge is -2.21. The van der Waals surface area contributed by atoms with Crippen molar-refractivity contribution in [3.63, 3.8) is 0 Å². The second-order valence-corrected chi connectivity index (χ2v) is 4.20. The summed E-state index contributed by atoms with van der Waals surface area (Å²) >= 11 is 1.43. The van der Waals surface area contributed by atoms with Crippen LogP contribution < -0.4 is 10.6 Å². The minimum Gasteiger partial charge on any atom is -0.314 e. The molecule has 1 aromatic rings. The average molecular weight is 212 g/mol. The van der Waals surface area contributed by atoms with Crippen LogP contribution in [0, 0.1) is 5.82 Å². The zero-order valence-electron chi connectivity index (χ0n) is 7.79. The van der Waals surface area contributed by atoms with Gasteiger partial charge in [0.15, 0.2) is 0 Å². The SMILES string of the molecule is Fc1ccsc1C=CC1CNCCN1. The van der Waals surface area contributed by atoms with Crippen molar-refractivity contribution in [2.45, 2.75) is 6.04 Å². The van der Waals surface area contributed by atoms with Gasteiger partial charge < -0.3 is 10.6 Å². The van der Waals surface area contributed by atoms with Crippen molar-refractivity contribution in [2.24, 2.45) is 0 Å². The van der Waals surface area contributed by atoms with Crippen LogP contribution in [0.2, 0.25) is 0 Å². The lowest BCUT2D eigenvalue weighted by atomic mass is 10.2. The maximum atomic E-state index is 13.0. The average Bonchev–Trinajstić information content (AvgIpc) is 2.63. The minimum absolute atomic E-state index is 0.130. The van der Waals surface area contributed by atoms with E-state index in [-0.39, 0.29) is 5.82 Å². The van der Waals surface area contributed by atoms with Crippen LogP contribution >= 0.6 is 11.3 Å². The monoisotopic (exact) mass is 212 g/mol. The third kappa shape index (κ3) is 2.41. The Morgan fingerprint density at radius 2 is 2.43 bits per heavy atom. The van der Waals surface area contributed by atoms with Crippen LogP contribution in [0.15, 0.2) is 17.5 Å². The zero-order chi connectivity index (χ0) is 9.80. The van der Waals surface area contributed by atoms with Gasteiger partial charge in [0.05, 0.1) is 4.88 Å². The highest BCUT2D eigenvalue weighted by Crippen LogP contribution is 2.16. The first kappa shape index (κ1) is 9.83. The van der Waals surface area contributed by atoms with E-state index in [9.17, 15) is 4.39 Å². The third-order valence-electron chi connectivity index (χ3n) is 2.20. The van der Waals surface area contributed by atoms with Gasteiger partial charge in [-0.15, -0.1) is 11.3 Å². The molecule has 2 N–H and O–H groups in total. The van der Waals surface area contributed by atoms with Crippen LogP contribution in [0.1, 0.15) is 4.88 Å². The molecule has 0 bridgehead atoms. The highest BCUT2D eigenvalue weighted by molar-refractivity contribution is 7.10. The largest absolute Gasteiger partial charge is 0.314 e. The minimum atomic E-state index is -0.130. The van der Waals surface area contributed by atoms with Crippen molar-refractivity contribution in [1.29, 1.82) is 0 Å². The molecular weight excluding hydrogens is 199 g/mol. The van der Waals surface area contributed by atoms with Gasteiger partial charge in [-0.2, -0.15) is 0 Å². The topological polar surface area (TPSA) is 24.1 Å². The fourth-order valence-electron chi connectivity index (χ4n) is 1.44. The van der Waals surface area contributed by atoms with E-state index in [1.165, 1.54) is 17.4 Å². The van der Waals surface area contributed by atoms with E-state index < -0.39 is 0 Å². The normalized spacial score (nSPS) is 23.1. The molecule has 76 valence electrons. The second-order valence-electron chi connectivity index (χ2n) is 3.26. The third-order valence-corrected chi connectivity index (χ3v) is 3.05. The molecule has 14 heavy (non-hydrogen) atoms. The predicted octanol–water partition coefficient (Wildman–Crippen LogP) is 1.46. The molecule has 0 saturated carbocycles. The summed E-state index contributed by atoms with van der Waals surface area (Å²) in [4.78, 5) is 0.706. The van der Waals surface area contributed by atoms with Gasteiger partial charge in [-0.1, -0.05) is 6.08 Å².